The molecule has 0 aliphatic carbocycles. The van der Waals surface area contributed by atoms with Gasteiger partial charge in [0.05, 0.1) is 17.9 Å². The molecule has 22 heavy (non-hydrogen) atoms. The van der Waals surface area contributed by atoms with E-state index in [4.69, 9.17) is 5.73 Å². The minimum atomic E-state index is -0.261. The van der Waals surface area contributed by atoms with Crippen LogP contribution in [0, 0.1) is 5.82 Å². The van der Waals surface area contributed by atoms with E-state index in [1.807, 2.05) is 31.0 Å². The number of rotatable bonds is 5. The van der Waals surface area contributed by atoms with Crippen LogP contribution < -0.4 is 5.73 Å². The molecule has 0 unspecified atom stereocenters. The topological polar surface area (TPSA) is 59.4 Å². The van der Waals surface area contributed by atoms with E-state index in [0.717, 1.165) is 24.5 Å². The molecule has 7 heteroatoms. The van der Waals surface area contributed by atoms with Crippen molar-refractivity contribution in [3.05, 3.63) is 48.0 Å². The summed E-state index contributed by atoms with van der Waals surface area (Å²) < 4.78 is 14.6. The fraction of sp³-hybridized carbons (Fsp3) is 0.333. The zero-order valence-electron chi connectivity index (χ0n) is 12.7. The van der Waals surface area contributed by atoms with Gasteiger partial charge in [-0.3, -0.25) is 0 Å². The lowest BCUT2D eigenvalue weighted by Gasteiger charge is -2.19. The van der Waals surface area contributed by atoms with Crippen LogP contribution in [-0.2, 0) is 6.54 Å². The SMILES string of the molecule is CCN(CC)C(N)=NCc1ccn(-c2ccc(F)cc2)n1.I. The van der Waals surface area contributed by atoms with Gasteiger partial charge in [-0.1, -0.05) is 0 Å². The van der Waals surface area contributed by atoms with Gasteiger partial charge in [0.1, 0.15) is 5.82 Å². The van der Waals surface area contributed by atoms with E-state index < -0.39 is 0 Å². The highest BCUT2D eigenvalue weighted by molar-refractivity contribution is 14.0. The second kappa shape index (κ2) is 8.72. The third-order valence-electron chi connectivity index (χ3n) is 3.23. The number of guanidine groups is 1. The summed E-state index contributed by atoms with van der Waals surface area (Å²) in [4.78, 5) is 6.33. The highest BCUT2D eigenvalue weighted by atomic mass is 127. The maximum atomic E-state index is 12.9. The predicted octanol–water partition coefficient (Wildman–Crippen LogP) is 2.79. The Kier molecular flexibility index (Phi) is 7.30. The molecule has 2 N–H and O–H groups in total. The van der Waals surface area contributed by atoms with Crippen LogP contribution in [0.25, 0.3) is 5.69 Å². The molecule has 1 aromatic carbocycles. The third kappa shape index (κ3) is 4.69. The number of hydrogen-bond acceptors (Lipinski definition) is 2. The molecule has 120 valence electrons. The van der Waals surface area contributed by atoms with Gasteiger partial charge in [0.2, 0.25) is 0 Å². The largest absolute Gasteiger partial charge is 0.370 e. The van der Waals surface area contributed by atoms with E-state index in [9.17, 15) is 4.39 Å². The van der Waals surface area contributed by atoms with Crippen molar-refractivity contribution in [1.82, 2.24) is 14.7 Å². The van der Waals surface area contributed by atoms with Crippen molar-refractivity contribution in [3.8, 4) is 5.69 Å². The molecule has 0 aliphatic rings. The highest BCUT2D eigenvalue weighted by Crippen LogP contribution is 2.09. The maximum Gasteiger partial charge on any atom is 0.191 e. The summed E-state index contributed by atoms with van der Waals surface area (Å²) in [5.74, 6) is 0.263. The van der Waals surface area contributed by atoms with Gasteiger partial charge < -0.3 is 10.6 Å². The first kappa shape index (κ1) is 18.4. The Bertz CT molecular complexity index is 605. The highest BCUT2D eigenvalue weighted by Gasteiger charge is 2.04. The molecule has 0 atom stereocenters. The van der Waals surface area contributed by atoms with E-state index in [0.29, 0.717) is 12.5 Å². The van der Waals surface area contributed by atoms with Crippen LogP contribution in [-0.4, -0.2) is 33.7 Å². The van der Waals surface area contributed by atoms with E-state index in [1.54, 1.807) is 16.8 Å². The summed E-state index contributed by atoms with van der Waals surface area (Å²) in [6.07, 6.45) is 1.83. The predicted molar refractivity (Wildman–Crippen MR) is 97.2 cm³/mol. The molecule has 5 nitrogen and oxygen atoms in total. The average Bonchev–Trinajstić information content (AvgIpc) is 2.96. The van der Waals surface area contributed by atoms with Gasteiger partial charge in [0.15, 0.2) is 5.96 Å². The molecular weight excluding hydrogens is 396 g/mol. The summed E-state index contributed by atoms with van der Waals surface area (Å²) in [5.41, 5.74) is 7.54. The summed E-state index contributed by atoms with van der Waals surface area (Å²) in [6.45, 7) is 6.16. The number of hydrogen-bond donors (Lipinski definition) is 1. The molecule has 0 aliphatic heterocycles. The number of halogens is 2. The second-order valence-corrected chi connectivity index (χ2v) is 4.57. The van der Waals surface area contributed by atoms with Gasteiger partial charge in [-0.05, 0) is 44.2 Å². The Labute approximate surface area is 147 Å². The van der Waals surface area contributed by atoms with Gasteiger partial charge in [-0.2, -0.15) is 5.10 Å². The normalized spacial score (nSPS) is 11.1. The van der Waals surface area contributed by atoms with Crippen LogP contribution in [0.4, 0.5) is 4.39 Å². The Morgan fingerprint density at radius 2 is 1.86 bits per heavy atom. The van der Waals surface area contributed by atoms with Gasteiger partial charge in [-0.15, -0.1) is 24.0 Å². The van der Waals surface area contributed by atoms with Crippen LogP contribution in [0.2, 0.25) is 0 Å². The van der Waals surface area contributed by atoms with Gasteiger partial charge in [-0.25, -0.2) is 14.1 Å². The Balaban J connectivity index is 0.00000242. The molecule has 2 rings (SSSR count). The van der Waals surface area contributed by atoms with Gasteiger partial charge in [0.25, 0.3) is 0 Å². The van der Waals surface area contributed by atoms with Crippen LogP contribution >= 0.6 is 24.0 Å². The lowest BCUT2D eigenvalue weighted by Crippen LogP contribution is -2.37. The molecule has 0 saturated carbocycles. The number of benzene rings is 1. The van der Waals surface area contributed by atoms with E-state index in [-0.39, 0.29) is 29.8 Å². The van der Waals surface area contributed by atoms with Crippen molar-refractivity contribution >= 4 is 29.9 Å². The fourth-order valence-corrected chi connectivity index (χ4v) is 1.99. The summed E-state index contributed by atoms with van der Waals surface area (Å²) in [5, 5.41) is 4.41. The first-order valence-corrected chi connectivity index (χ1v) is 6.99. The number of aromatic nitrogens is 2. The monoisotopic (exact) mass is 417 g/mol. The van der Waals surface area contributed by atoms with Crippen molar-refractivity contribution in [2.75, 3.05) is 13.1 Å². The minimum absolute atomic E-state index is 0. The molecule has 1 aromatic heterocycles. The summed E-state index contributed by atoms with van der Waals surface area (Å²) in [7, 11) is 0. The Morgan fingerprint density at radius 3 is 2.45 bits per heavy atom. The molecule has 0 radical (unpaired) electrons. The van der Waals surface area contributed by atoms with Crippen LogP contribution in [0.5, 0.6) is 0 Å². The molecular formula is C15H21FIN5. The number of nitrogens with two attached hydrogens (primary N) is 1. The van der Waals surface area contributed by atoms with Crippen molar-refractivity contribution < 1.29 is 4.39 Å². The van der Waals surface area contributed by atoms with Crippen LogP contribution in [0.1, 0.15) is 19.5 Å². The Morgan fingerprint density at radius 1 is 1.23 bits per heavy atom. The molecule has 2 aromatic rings. The van der Waals surface area contributed by atoms with Crippen molar-refractivity contribution in [1.29, 1.82) is 0 Å². The molecule has 0 fully saturated rings. The lowest BCUT2D eigenvalue weighted by atomic mass is 10.3. The maximum absolute atomic E-state index is 12.9. The van der Waals surface area contributed by atoms with E-state index >= 15 is 0 Å². The van der Waals surface area contributed by atoms with Crippen molar-refractivity contribution in [2.24, 2.45) is 10.7 Å². The van der Waals surface area contributed by atoms with Crippen LogP contribution in [0.15, 0.2) is 41.5 Å². The minimum Gasteiger partial charge on any atom is -0.370 e. The number of aliphatic imine (C=N–C) groups is 1. The smallest absolute Gasteiger partial charge is 0.191 e. The van der Waals surface area contributed by atoms with Gasteiger partial charge >= 0.3 is 0 Å². The second-order valence-electron chi connectivity index (χ2n) is 4.57. The Hall–Kier alpha value is -1.64. The molecule has 1 heterocycles. The van der Waals surface area contributed by atoms with Crippen molar-refractivity contribution in [2.45, 2.75) is 20.4 Å². The van der Waals surface area contributed by atoms with Crippen LogP contribution in [0.3, 0.4) is 0 Å². The van der Waals surface area contributed by atoms with E-state index in [2.05, 4.69) is 10.1 Å². The first-order chi connectivity index (χ1) is 10.1. The first-order valence-electron chi connectivity index (χ1n) is 6.99. The summed E-state index contributed by atoms with van der Waals surface area (Å²) in [6, 6.07) is 8.06. The summed E-state index contributed by atoms with van der Waals surface area (Å²) >= 11 is 0. The van der Waals surface area contributed by atoms with Gasteiger partial charge in [0, 0.05) is 19.3 Å². The zero-order valence-corrected chi connectivity index (χ0v) is 15.1. The van der Waals surface area contributed by atoms with Crippen molar-refractivity contribution in [3.63, 3.8) is 0 Å². The number of nitrogens with zero attached hydrogens (tertiary/aromatic N) is 4. The quantitative estimate of drug-likeness (QED) is 0.463. The standard InChI is InChI=1S/C15H20FN5.HI/c1-3-20(4-2)15(17)18-11-13-9-10-21(19-13)14-7-5-12(16)6-8-14;/h5-10H,3-4,11H2,1-2H3,(H2,17,18);1H. The fourth-order valence-electron chi connectivity index (χ4n) is 1.99. The zero-order chi connectivity index (χ0) is 15.2. The molecule has 0 bridgehead atoms. The molecule has 0 saturated heterocycles. The molecule has 0 spiro atoms. The third-order valence-corrected chi connectivity index (χ3v) is 3.23. The average molecular weight is 417 g/mol. The lowest BCUT2D eigenvalue weighted by molar-refractivity contribution is 0.458. The van der Waals surface area contributed by atoms with E-state index in [1.165, 1.54) is 12.1 Å². The molecule has 0 amide bonds.